The molecule has 2 aromatic heterocycles. The third kappa shape index (κ3) is 5.30. The molecule has 0 fully saturated rings. The number of hydrogen-bond acceptors (Lipinski definition) is 4. The summed E-state index contributed by atoms with van der Waals surface area (Å²) in [5, 5.41) is 4.65. The average molecular weight is 943 g/mol. The topological polar surface area (TPSA) is 34.8 Å². The summed E-state index contributed by atoms with van der Waals surface area (Å²) in [6.07, 6.45) is 0. The largest absolute Gasteiger partial charge is 0.458 e. The molecular weight excluding hydrogens is 902 g/mol. The lowest BCUT2D eigenvalue weighted by Crippen LogP contribution is -2.63. The number of nitrogens with zero attached hydrogens (tertiary/aromatic N) is 4. The molecule has 4 aliphatic heterocycles. The minimum atomic E-state index is -0.152. The van der Waals surface area contributed by atoms with Gasteiger partial charge in [0.1, 0.15) is 23.0 Å². The van der Waals surface area contributed by atoms with Gasteiger partial charge in [-0.05, 0) is 118 Å². The van der Waals surface area contributed by atoms with Gasteiger partial charge in [-0.15, -0.1) is 0 Å². The van der Waals surface area contributed by atoms with Crippen LogP contribution in [0.4, 0.5) is 34.1 Å². The highest BCUT2D eigenvalue weighted by Gasteiger charge is 2.48. The Hall–Kier alpha value is -9.65. The Kier molecular flexibility index (Phi) is 8.08. The van der Waals surface area contributed by atoms with Crippen LogP contribution < -0.4 is 52.1 Å². The molecule has 4 aliphatic rings. The summed E-state index contributed by atoms with van der Waals surface area (Å²) in [4.78, 5) is 5.06. The molecule has 13 aromatic rings. The zero-order valence-corrected chi connectivity index (χ0v) is 39.9. The van der Waals surface area contributed by atoms with E-state index in [0.29, 0.717) is 0 Å². The molecule has 0 saturated heterocycles. The second-order valence-electron chi connectivity index (χ2n) is 19.9. The molecule has 0 atom stereocenters. The SMILES string of the molecule is c1ccc(N2c3cc4c(cc3B3c5ccccc5Oc5c3c2cc2c5c3ccccc3n2-c2ccccc2)B2c3ccccc3Oc3cc5c(c(c32)N4c2ccccc2)c2ccccc2n5-c2ccccc2)cc1. The van der Waals surface area contributed by atoms with E-state index in [1.165, 1.54) is 32.6 Å². The molecule has 0 spiro atoms. The van der Waals surface area contributed by atoms with Crippen LogP contribution in [0.1, 0.15) is 0 Å². The molecule has 17 rings (SSSR count). The third-order valence-electron chi connectivity index (χ3n) is 16.1. The number of para-hydroxylation sites is 8. The zero-order valence-electron chi connectivity index (χ0n) is 39.9. The van der Waals surface area contributed by atoms with E-state index in [4.69, 9.17) is 9.47 Å². The highest BCUT2D eigenvalue weighted by molar-refractivity contribution is 7.02. The van der Waals surface area contributed by atoms with Crippen LogP contribution in [0, 0.1) is 0 Å². The maximum atomic E-state index is 7.38. The van der Waals surface area contributed by atoms with E-state index in [1.807, 2.05) is 0 Å². The first-order valence-corrected chi connectivity index (χ1v) is 25.5. The van der Waals surface area contributed by atoms with E-state index in [9.17, 15) is 0 Å². The van der Waals surface area contributed by atoms with Gasteiger partial charge in [0.2, 0.25) is 0 Å². The summed E-state index contributed by atoms with van der Waals surface area (Å²) in [5.41, 5.74) is 20.4. The van der Waals surface area contributed by atoms with Crippen molar-refractivity contribution in [2.24, 2.45) is 0 Å². The number of hydrogen-bond donors (Lipinski definition) is 0. The summed E-state index contributed by atoms with van der Waals surface area (Å²) in [6, 6.07) is 88.2. The fourth-order valence-corrected chi connectivity index (χ4v) is 13.3. The molecule has 74 heavy (non-hydrogen) atoms. The first-order chi connectivity index (χ1) is 36.8. The predicted molar refractivity (Wildman–Crippen MR) is 307 cm³/mol. The number of fused-ring (bicyclic) bond motifs is 16. The Morgan fingerprint density at radius 3 is 1.36 bits per heavy atom. The van der Waals surface area contributed by atoms with Crippen molar-refractivity contribution in [2.45, 2.75) is 0 Å². The number of anilines is 6. The minimum Gasteiger partial charge on any atom is -0.458 e. The highest BCUT2D eigenvalue weighted by atomic mass is 16.5. The van der Waals surface area contributed by atoms with Crippen molar-refractivity contribution in [2.75, 3.05) is 9.80 Å². The lowest BCUT2D eigenvalue weighted by Gasteiger charge is -2.44. The van der Waals surface area contributed by atoms with Crippen molar-refractivity contribution < 1.29 is 9.47 Å². The van der Waals surface area contributed by atoms with Crippen molar-refractivity contribution >= 4 is 124 Å². The molecule has 8 heteroatoms. The van der Waals surface area contributed by atoms with Crippen LogP contribution >= 0.6 is 0 Å². The summed E-state index contributed by atoms with van der Waals surface area (Å²) < 4.78 is 19.4. The molecule has 6 nitrogen and oxygen atoms in total. The molecule has 0 saturated carbocycles. The van der Waals surface area contributed by atoms with Crippen molar-refractivity contribution in [1.82, 2.24) is 9.13 Å². The van der Waals surface area contributed by atoms with Crippen LogP contribution in [0.15, 0.2) is 243 Å². The van der Waals surface area contributed by atoms with Gasteiger partial charge in [-0.1, -0.05) is 152 Å². The second kappa shape index (κ2) is 14.9. The maximum absolute atomic E-state index is 7.38. The summed E-state index contributed by atoms with van der Waals surface area (Å²) in [5.74, 6) is 3.53. The van der Waals surface area contributed by atoms with Gasteiger partial charge < -0.3 is 28.4 Å². The highest BCUT2D eigenvalue weighted by Crippen LogP contribution is 2.52. The fourth-order valence-electron chi connectivity index (χ4n) is 13.3. The average Bonchev–Trinajstić information content (AvgIpc) is 4.00. The normalized spacial score (nSPS) is 13.5. The van der Waals surface area contributed by atoms with E-state index in [-0.39, 0.29) is 13.4 Å². The van der Waals surface area contributed by atoms with Crippen LogP contribution in [0.2, 0.25) is 0 Å². The molecule has 0 aliphatic carbocycles. The van der Waals surface area contributed by atoms with E-state index in [1.54, 1.807) is 0 Å². The summed E-state index contributed by atoms with van der Waals surface area (Å²) >= 11 is 0. The zero-order chi connectivity index (χ0) is 48.2. The molecule has 6 heterocycles. The standard InChI is InChI=1S/C66H40B2N4O2/c1-5-21-41(22-6-1)69-52-34-18-14-30-46(52)62-55(69)39-57-63-66(62)74-59-36-20-16-32-48(59)67(63)49-37-50-54(38-53(49)71(57)43-25-9-3-10-26-43)72(44-27-11-4-12-28-44)65-61-45-29-13-17-33-51(45)70(42-23-7-2-8-24-42)56(61)40-60-64(65)68(50)47-31-15-19-35-58(47)73-60/h1-40H. The number of aromatic nitrogens is 2. The molecule has 11 aromatic carbocycles. The monoisotopic (exact) mass is 942 g/mol. The molecule has 0 unspecified atom stereocenters. The van der Waals surface area contributed by atoms with Crippen molar-refractivity contribution in [3.63, 3.8) is 0 Å². The Balaban J connectivity index is 1.04. The van der Waals surface area contributed by atoms with E-state index in [2.05, 4.69) is 262 Å². The van der Waals surface area contributed by atoms with Crippen molar-refractivity contribution in [3.05, 3.63) is 243 Å². The lowest BCUT2D eigenvalue weighted by atomic mass is 9.30. The van der Waals surface area contributed by atoms with Gasteiger partial charge in [0.05, 0.1) is 33.1 Å². The van der Waals surface area contributed by atoms with E-state index in [0.717, 1.165) is 112 Å². The first-order valence-electron chi connectivity index (χ1n) is 25.5. The predicted octanol–water partition coefficient (Wildman–Crippen LogP) is 12.7. The van der Waals surface area contributed by atoms with E-state index < -0.39 is 0 Å². The van der Waals surface area contributed by atoms with Crippen LogP contribution in [-0.4, -0.2) is 22.6 Å². The minimum absolute atomic E-state index is 0.152. The Labute approximate surface area is 427 Å². The van der Waals surface area contributed by atoms with E-state index >= 15 is 0 Å². The second-order valence-corrected chi connectivity index (χ2v) is 19.9. The van der Waals surface area contributed by atoms with Gasteiger partial charge in [0.25, 0.3) is 13.4 Å². The molecule has 342 valence electrons. The van der Waals surface area contributed by atoms with Gasteiger partial charge in [0.15, 0.2) is 0 Å². The van der Waals surface area contributed by atoms with Crippen molar-refractivity contribution in [1.29, 1.82) is 0 Å². The Morgan fingerprint density at radius 2 is 0.757 bits per heavy atom. The van der Waals surface area contributed by atoms with Gasteiger partial charge in [-0.3, -0.25) is 0 Å². The third-order valence-corrected chi connectivity index (χ3v) is 16.1. The number of ether oxygens (including phenoxy) is 2. The van der Waals surface area contributed by atoms with Gasteiger partial charge >= 0.3 is 0 Å². The first kappa shape index (κ1) is 40.0. The molecule has 0 radical (unpaired) electrons. The number of rotatable bonds is 4. The fraction of sp³-hybridized carbons (Fsp3) is 0. The van der Waals surface area contributed by atoms with Gasteiger partial charge in [-0.25, -0.2) is 0 Å². The Bertz CT molecular complexity index is 4500. The molecule has 0 bridgehead atoms. The van der Waals surface area contributed by atoms with Crippen LogP contribution in [0.5, 0.6) is 23.0 Å². The van der Waals surface area contributed by atoms with Crippen LogP contribution in [-0.2, 0) is 0 Å². The van der Waals surface area contributed by atoms with Crippen molar-refractivity contribution in [3.8, 4) is 34.4 Å². The van der Waals surface area contributed by atoms with Crippen LogP contribution in [0.25, 0.3) is 55.0 Å². The van der Waals surface area contributed by atoms with Gasteiger partial charge in [0, 0.05) is 62.0 Å². The quantitative estimate of drug-likeness (QED) is 0.165. The van der Waals surface area contributed by atoms with Gasteiger partial charge in [-0.2, -0.15) is 0 Å². The number of benzene rings is 11. The molecule has 0 N–H and O–H groups in total. The maximum Gasteiger partial charge on any atom is 0.256 e. The molecular formula is C66H40B2N4O2. The summed E-state index contributed by atoms with van der Waals surface area (Å²) in [7, 11) is 0. The lowest BCUT2D eigenvalue weighted by molar-refractivity contribution is 0.488. The summed E-state index contributed by atoms with van der Waals surface area (Å²) in [6.45, 7) is -0.304. The smallest absolute Gasteiger partial charge is 0.256 e. The molecule has 0 amide bonds. The van der Waals surface area contributed by atoms with Crippen LogP contribution in [0.3, 0.4) is 0 Å². The Morgan fingerprint density at radius 1 is 0.297 bits per heavy atom.